The van der Waals surface area contributed by atoms with Crippen molar-refractivity contribution in [2.24, 2.45) is 11.8 Å². The van der Waals surface area contributed by atoms with Crippen LogP contribution in [0.3, 0.4) is 0 Å². The highest BCUT2D eigenvalue weighted by molar-refractivity contribution is 6.31. The molecule has 0 aliphatic carbocycles. The first-order chi connectivity index (χ1) is 7.56. The Morgan fingerprint density at radius 3 is 2.44 bits per heavy atom. The third-order valence-electron chi connectivity index (χ3n) is 3.20. The fourth-order valence-electron chi connectivity index (χ4n) is 2.67. The molecular formula is C13H19ClN2. The number of nitrogens with two attached hydrogens (primary N) is 1. The van der Waals surface area contributed by atoms with E-state index >= 15 is 0 Å². The number of halogens is 1. The highest BCUT2D eigenvalue weighted by atomic mass is 35.5. The molecule has 0 radical (unpaired) electrons. The van der Waals surface area contributed by atoms with Gasteiger partial charge in [-0.3, -0.25) is 0 Å². The second-order valence-electron chi connectivity index (χ2n) is 5.05. The van der Waals surface area contributed by atoms with Crippen LogP contribution in [0.1, 0.15) is 20.3 Å². The summed E-state index contributed by atoms with van der Waals surface area (Å²) in [6, 6.07) is 5.78. The van der Waals surface area contributed by atoms with Gasteiger partial charge < -0.3 is 10.6 Å². The number of benzene rings is 1. The largest absolute Gasteiger partial charge is 0.397 e. The van der Waals surface area contributed by atoms with E-state index in [9.17, 15) is 0 Å². The van der Waals surface area contributed by atoms with Crippen LogP contribution in [0.25, 0.3) is 0 Å². The van der Waals surface area contributed by atoms with Crippen LogP contribution < -0.4 is 10.6 Å². The van der Waals surface area contributed by atoms with E-state index in [0.717, 1.165) is 36.3 Å². The van der Waals surface area contributed by atoms with Gasteiger partial charge in [-0.2, -0.15) is 0 Å². The summed E-state index contributed by atoms with van der Waals surface area (Å²) in [6.07, 6.45) is 1.31. The summed E-state index contributed by atoms with van der Waals surface area (Å²) in [6.45, 7) is 6.79. The van der Waals surface area contributed by atoms with Crippen molar-refractivity contribution in [3.63, 3.8) is 0 Å². The maximum atomic E-state index is 6.02. The summed E-state index contributed by atoms with van der Waals surface area (Å²) in [7, 11) is 0. The molecular weight excluding hydrogens is 220 g/mol. The molecule has 16 heavy (non-hydrogen) atoms. The molecule has 0 bridgehead atoms. The molecule has 3 heteroatoms. The van der Waals surface area contributed by atoms with Gasteiger partial charge in [0.15, 0.2) is 0 Å². The third-order valence-corrected chi connectivity index (χ3v) is 3.43. The maximum Gasteiger partial charge on any atom is 0.0601 e. The minimum Gasteiger partial charge on any atom is -0.397 e. The predicted molar refractivity (Wildman–Crippen MR) is 71.0 cm³/mol. The van der Waals surface area contributed by atoms with Crippen molar-refractivity contribution < 1.29 is 0 Å². The van der Waals surface area contributed by atoms with E-state index in [0.29, 0.717) is 5.02 Å². The molecule has 2 unspecified atom stereocenters. The second-order valence-corrected chi connectivity index (χ2v) is 5.49. The van der Waals surface area contributed by atoms with Crippen molar-refractivity contribution in [3.8, 4) is 0 Å². The van der Waals surface area contributed by atoms with Gasteiger partial charge in [0.1, 0.15) is 0 Å². The lowest BCUT2D eigenvalue weighted by atomic mass is 9.91. The second kappa shape index (κ2) is 4.54. The van der Waals surface area contributed by atoms with Gasteiger partial charge in [0.25, 0.3) is 0 Å². The van der Waals surface area contributed by atoms with Crippen LogP contribution in [0.15, 0.2) is 18.2 Å². The molecule has 1 aromatic rings. The van der Waals surface area contributed by atoms with E-state index in [4.69, 9.17) is 17.3 Å². The number of anilines is 2. The smallest absolute Gasteiger partial charge is 0.0601 e. The zero-order valence-electron chi connectivity index (χ0n) is 9.91. The molecule has 1 aliphatic rings. The number of rotatable bonds is 1. The Balaban J connectivity index is 2.23. The number of nitrogens with zero attached hydrogens (tertiary/aromatic N) is 1. The Morgan fingerprint density at radius 1 is 1.25 bits per heavy atom. The lowest BCUT2D eigenvalue weighted by molar-refractivity contribution is 0.357. The van der Waals surface area contributed by atoms with E-state index in [2.05, 4.69) is 18.7 Å². The summed E-state index contributed by atoms with van der Waals surface area (Å²) in [5.74, 6) is 1.47. The number of hydrogen-bond acceptors (Lipinski definition) is 2. The van der Waals surface area contributed by atoms with Gasteiger partial charge in [0.2, 0.25) is 0 Å². The fourth-order valence-corrected chi connectivity index (χ4v) is 2.85. The van der Waals surface area contributed by atoms with Gasteiger partial charge in [-0.15, -0.1) is 0 Å². The standard InChI is InChI=1S/C13H19ClN2/c1-9-5-10(2)8-16(7-9)13-4-3-11(14)6-12(13)15/h3-4,6,9-10H,5,7-8,15H2,1-2H3. The predicted octanol–water partition coefficient (Wildman–Crippen LogP) is 3.40. The van der Waals surface area contributed by atoms with Gasteiger partial charge in [-0.25, -0.2) is 0 Å². The molecule has 2 nitrogen and oxygen atoms in total. The van der Waals surface area contributed by atoms with Crippen LogP contribution in [0, 0.1) is 11.8 Å². The van der Waals surface area contributed by atoms with Crippen molar-refractivity contribution in [1.29, 1.82) is 0 Å². The summed E-state index contributed by atoms with van der Waals surface area (Å²) in [4.78, 5) is 2.38. The van der Waals surface area contributed by atoms with Crippen molar-refractivity contribution in [1.82, 2.24) is 0 Å². The summed E-state index contributed by atoms with van der Waals surface area (Å²) >= 11 is 5.91. The molecule has 2 N–H and O–H groups in total. The SMILES string of the molecule is CC1CC(C)CN(c2ccc(Cl)cc2N)C1. The van der Waals surface area contributed by atoms with Crippen molar-refractivity contribution in [3.05, 3.63) is 23.2 Å². The maximum absolute atomic E-state index is 6.02. The average Bonchev–Trinajstić information content (AvgIpc) is 2.15. The molecule has 0 amide bonds. The quantitative estimate of drug-likeness (QED) is 0.760. The summed E-state index contributed by atoms with van der Waals surface area (Å²) in [5.41, 5.74) is 7.93. The van der Waals surface area contributed by atoms with Crippen molar-refractivity contribution in [2.45, 2.75) is 20.3 Å². The van der Waals surface area contributed by atoms with Crippen LogP contribution in [0.5, 0.6) is 0 Å². The fraction of sp³-hybridized carbons (Fsp3) is 0.538. The zero-order chi connectivity index (χ0) is 11.7. The lowest BCUT2D eigenvalue weighted by Crippen LogP contribution is -2.39. The molecule has 2 rings (SSSR count). The van der Waals surface area contributed by atoms with E-state index < -0.39 is 0 Å². The van der Waals surface area contributed by atoms with Crippen LogP contribution in [-0.2, 0) is 0 Å². The van der Waals surface area contributed by atoms with Crippen LogP contribution >= 0.6 is 11.6 Å². The number of hydrogen-bond donors (Lipinski definition) is 1. The molecule has 2 atom stereocenters. The third kappa shape index (κ3) is 2.43. The highest BCUT2D eigenvalue weighted by Crippen LogP contribution is 2.31. The Hall–Kier alpha value is -0.890. The first-order valence-electron chi connectivity index (χ1n) is 5.86. The molecule has 1 aromatic carbocycles. The van der Waals surface area contributed by atoms with E-state index in [1.54, 1.807) is 0 Å². The van der Waals surface area contributed by atoms with Gasteiger partial charge in [-0.05, 0) is 36.5 Å². The van der Waals surface area contributed by atoms with Gasteiger partial charge in [0, 0.05) is 18.1 Å². The first-order valence-corrected chi connectivity index (χ1v) is 6.24. The summed E-state index contributed by atoms with van der Waals surface area (Å²) in [5, 5.41) is 0.708. The van der Waals surface area contributed by atoms with E-state index in [1.165, 1.54) is 6.42 Å². The molecule has 1 aliphatic heterocycles. The van der Waals surface area contributed by atoms with Crippen LogP contribution in [-0.4, -0.2) is 13.1 Å². The molecule has 1 fully saturated rings. The first kappa shape index (κ1) is 11.6. The van der Waals surface area contributed by atoms with Gasteiger partial charge >= 0.3 is 0 Å². The molecule has 88 valence electrons. The Labute approximate surface area is 102 Å². The zero-order valence-corrected chi connectivity index (χ0v) is 10.7. The van der Waals surface area contributed by atoms with E-state index in [1.807, 2.05) is 18.2 Å². The lowest BCUT2D eigenvalue weighted by Gasteiger charge is -2.37. The summed E-state index contributed by atoms with van der Waals surface area (Å²) < 4.78 is 0. The molecule has 1 saturated heterocycles. The van der Waals surface area contributed by atoms with E-state index in [-0.39, 0.29) is 0 Å². The highest BCUT2D eigenvalue weighted by Gasteiger charge is 2.22. The van der Waals surface area contributed by atoms with Crippen molar-refractivity contribution >= 4 is 23.0 Å². The Kier molecular flexibility index (Phi) is 3.29. The molecule has 0 spiro atoms. The normalized spacial score (nSPS) is 25.8. The molecule has 0 aromatic heterocycles. The van der Waals surface area contributed by atoms with Crippen molar-refractivity contribution in [2.75, 3.05) is 23.7 Å². The number of nitrogen functional groups attached to an aromatic ring is 1. The Bertz CT molecular complexity index is 368. The number of piperidine rings is 1. The topological polar surface area (TPSA) is 29.3 Å². The Morgan fingerprint density at radius 2 is 1.88 bits per heavy atom. The van der Waals surface area contributed by atoms with Crippen LogP contribution in [0.4, 0.5) is 11.4 Å². The monoisotopic (exact) mass is 238 g/mol. The molecule has 0 saturated carbocycles. The van der Waals surface area contributed by atoms with Crippen LogP contribution in [0.2, 0.25) is 5.02 Å². The minimum atomic E-state index is 0.708. The van der Waals surface area contributed by atoms with Gasteiger partial charge in [0.05, 0.1) is 11.4 Å². The average molecular weight is 239 g/mol. The molecule has 1 heterocycles. The minimum absolute atomic E-state index is 0.708. The van der Waals surface area contributed by atoms with Gasteiger partial charge in [-0.1, -0.05) is 25.4 Å².